The molecule has 0 bridgehead atoms. The third kappa shape index (κ3) is 1.98. The van der Waals surface area contributed by atoms with E-state index < -0.39 is 0 Å². The van der Waals surface area contributed by atoms with Crippen molar-refractivity contribution in [3.05, 3.63) is 0 Å². The molecule has 4 aliphatic carbocycles. The molecule has 0 saturated heterocycles. The molecule has 0 amide bonds. The molecular weight excluding hydrogens is 236 g/mol. The molecule has 0 spiro atoms. The maximum atomic E-state index is 12.0. The Morgan fingerprint density at radius 1 is 0.789 bits per heavy atom. The van der Waals surface area contributed by atoms with Crippen LogP contribution in [0.25, 0.3) is 0 Å². The van der Waals surface area contributed by atoms with Crippen LogP contribution in [0.3, 0.4) is 0 Å². The van der Waals surface area contributed by atoms with Crippen molar-refractivity contribution in [3.63, 3.8) is 0 Å². The van der Waals surface area contributed by atoms with Crippen molar-refractivity contribution in [2.45, 2.75) is 63.9 Å². The quantitative estimate of drug-likeness (QED) is 0.728. The first-order valence-electron chi connectivity index (χ1n) is 8.43. The van der Waals surface area contributed by atoms with E-state index in [1.54, 1.807) is 0 Å². The fourth-order valence-corrected chi connectivity index (χ4v) is 6.07. The Hall–Kier alpha value is -0.370. The van der Waals surface area contributed by atoms with Crippen LogP contribution in [0.5, 0.6) is 0 Å². The van der Waals surface area contributed by atoms with E-state index in [0.717, 1.165) is 48.9 Å². The van der Waals surface area contributed by atoms with Gasteiger partial charge < -0.3 is 5.11 Å². The molecule has 3 unspecified atom stereocenters. The van der Waals surface area contributed by atoms with Gasteiger partial charge in [-0.1, -0.05) is 0 Å². The molecule has 0 heterocycles. The second-order valence-electron chi connectivity index (χ2n) is 7.74. The SMILES string of the molecule is O=C1CC[C@@H]2C[C@H]3C(CC[C@H]4C[C@H](O)CCC43)CC12. The zero-order valence-corrected chi connectivity index (χ0v) is 11.8. The van der Waals surface area contributed by atoms with Gasteiger partial charge in [0.1, 0.15) is 5.78 Å². The molecule has 106 valence electrons. The molecule has 0 aromatic rings. The average molecular weight is 262 g/mol. The van der Waals surface area contributed by atoms with Crippen molar-refractivity contribution in [1.29, 1.82) is 0 Å². The van der Waals surface area contributed by atoms with Crippen LogP contribution in [0.15, 0.2) is 0 Å². The van der Waals surface area contributed by atoms with Gasteiger partial charge in [0.15, 0.2) is 0 Å². The Bertz CT molecular complexity index is 377. The highest BCUT2D eigenvalue weighted by molar-refractivity contribution is 5.83. The highest BCUT2D eigenvalue weighted by Crippen LogP contribution is 2.55. The van der Waals surface area contributed by atoms with Gasteiger partial charge in [0.05, 0.1) is 6.10 Å². The van der Waals surface area contributed by atoms with Gasteiger partial charge in [0.2, 0.25) is 0 Å². The minimum atomic E-state index is -0.0257. The number of fused-ring (bicyclic) bond motifs is 4. The van der Waals surface area contributed by atoms with E-state index in [2.05, 4.69) is 0 Å². The molecule has 4 aliphatic rings. The van der Waals surface area contributed by atoms with Crippen LogP contribution in [0.1, 0.15) is 57.8 Å². The Morgan fingerprint density at radius 3 is 2.42 bits per heavy atom. The third-order valence-electron chi connectivity index (χ3n) is 6.95. The second-order valence-corrected chi connectivity index (χ2v) is 7.74. The minimum absolute atomic E-state index is 0.0257. The standard InChI is InChI=1S/C17H26O2/c18-13-4-5-14-10(7-13)1-2-11-9-16-12(8-15(11)14)3-6-17(16)19/h10-16,18H,1-9H2/t10-,11?,12+,13+,14?,15-,16?/m0/s1. The van der Waals surface area contributed by atoms with Gasteiger partial charge in [-0.15, -0.1) is 0 Å². The Balaban J connectivity index is 1.53. The van der Waals surface area contributed by atoms with Crippen LogP contribution in [0, 0.1) is 35.5 Å². The number of rotatable bonds is 0. The summed E-state index contributed by atoms with van der Waals surface area (Å²) < 4.78 is 0. The number of carbonyl (C=O) groups is 1. The Morgan fingerprint density at radius 2 is 1.58 bits per heavy atom. The van der Waals surface area contributed by atoms with Crippen LogP contribution in [0.4, 0.5) is 0 Å². The van der Waals surface area contributed by atoms with Crippen LogP contribution < -0.4 is 0 Å². The van der Waals surface area contributed by atoms with E-state index in [4.69, 9.17) is 0 Å². The summed E-state index contributed by atoms with van der Waals surface area (Å²) in [6.45, 7) is 0. The van der Waals surface area contributed by atoms with Gasteiger partial charge in [0.25, 0.3) is 0 Å². The zero-order chi connectivity index (χ0) is 13.0. The lowest BCUT2D eigenvalue weighted by atomic mass is 9.54. The van der Waals surface area contributed by atoms with Gasteiger partial charge in [-0.25, -0.2) is 0 Å². The Kier molecular flexibility index (Phi) is 2.98. The molecule has 0 radical (unpaired) electrons. The lowest BCUT2D eigenvalue weighted by Crippen LogP contribution is -2.44. The molecule has 0 aliphatic heterocycles. The summed E-state index contributed by atoms with van der Waals surface area (Å²) in [5.74, 6) is 5.12. The van der Waals surface area contributed by atoms with E-state index in [1.807, 2.05) is 0 Å². The maximum Gasteiger partial charge on any atom is 0.136 e. The first kappa shape index (κ1) is 12.4. The topological polar surface area (TPSA) is 37.3 Å². The maximum absolute atomic E-state index is 12.0. The normalized spacial score (nSPS) is 53.3. The molecule has 2 heteroatoms. The van der Waals surface area contributed by atoms with E-state index >= 15 is 0 Å². The summed E-state index contributed by atoms with van der Waals surface area (Å²) in [6, 6.07) is 0. The lowest BCUT2D eigenvalue weighted by molar-refractivity contribution is -0.124. The molecule has 4 rings (SSSR count). The molecule has 0 aromatic carbocycles. The summed E-state index contributed by atoms with van der Waals surface area (Å²) in [6.07, 6.45) is 10.5. The van der Waals surface area contributed by atoms with E-state index in [-0.39, 0.29) is 6.10 Å². The molecule has 4 fully saturated rings. The molecule has 7 atom stereocenters. The first-order chi connectivity index (χ1) is 9.22. The van der Waals surface area contributed by atoms with Crippen LogP contribution >= 0.6 is 0 Å². The fourth-order valence-electron chi connectivity index (χ4n) is 6.07. The van der Waals surface area contributed by atoms with Crippen molar-refractivity contribution >= 4 is 5.78 Å². The highest BCUT2D eigenvalue weighted by atomic mass is 16.3. The minimum Gasteiger partial charge on any atom is -0.393 e. The summed E-state index contributed by atoms with van der Waals surface area (Å²) in [4.78, 5) is 12.0. The summed E-state index contributed by atoms with van der Waals surface area (Å²) in [5.41, 5.74) is 0. The summed E-state index contributed by atoms with van der Waals surface area (Å²) in [7, 11) is 0. The second kappa shape index (κ2) is 4.58. The highest BCUT2D eigenvalue weighted by Gasteiger charge is 2.49. The van der Waals surface area contributed by atoms with Crippen LogP contribution in [0.2, 0.25) is 0 Å². The van der Waals surface area contributed by atoms with Gasteiger partial charge in [-0.2, -0.15) is 0 Å². The number of Topliss-reactive ketones (excluding diaryl/α,β-unsaturated/α-hetero) is 1. The predicted molar refractivity (Wildman–Crippen MR) is 73.5 cm³/mol. The van der Waals surface area contributed by atoms with E-state index in [9.17, 15) is 9.90 Å². The number of carbonyl (C=O) groups excluding carboxylic acids is 1. The van der Waals surface area contributed by atoms with Crippen molar-refractivity contribution in [1.82, 2.24) is 0 Å². The number of hydrogen-bond donors (Lipinski definition) is 1. The lowest BCUT2D eigenvalue weighted by Gasteiger charge is -2.51. The number of hydrogen-bond acceptors (Lipinski definition) is 2. The van der Waals surface area contributed by atoms with Gasteiger partial charge in [0, 0.05) is 12.3 Å². The van der Waals surface area contributed by atoms with Crippen LogP contribution in [-0.4, -0.2) is 17.0 Å². The van der Waals surface area contributed by atoms with Gasteiger partial charge >= 0.3 is 0 Å². The average Bonchev–Trinajstić information content (AvgIpc) is 2.77. The number of aliphatic hydroxyl groups is 1. The fraction of sp³-hybridized carbons (Fsp3) is 0.941. The summed E-state index contributed by atoms with van der Waals surface area (Å²) in [5, 5.41) is 9.88. The van der Waals surface area contributed by atoms with Crippen molar-refractivity contribution in [3.8, 4) is 0 Å². The van der Waals surface area contributed by atoms with Crippen molar-refractivity contribution in [2.75, 3.05) is 0 Å². The predicted octanol–water partition coefficient (Wildman–Crippen LogP) is 3.18. The Labute approximate surface area is 116 Å². The molecule has 0 aromatic heterocycles. The van der Waals surface area contributed by atoms with Crippen molar-refractivity contribution < 1.29 is 9.90 Å². The molecule has 19 heavy (non-hydrogen) atoms. The van der Waals surface area contributed by atoms with Gasteiger partial charge in [-0.05, 0) is 81.0 Å². The first-order valence-corrected chi connectivity index (χ1v) is 8.43. The summed E-state index contributed by atoms with van der Waals surface area (Å²) >= 11 is 0. The third-order valence-corrected chi connectivity index (χ3v) is 6.95. The molecular formula is C17H26O2. The molecule has 4 saturated carbocycles. The number of ketones is 1. The largest absolute Gasteiger partial charge is 0.393 e. The van der Waals surface area contributed by atoms with Gasteiger partial charge in [-0.3, -0.25) is 4.79 Å². The molecule has 2 nitrogen and oxygen atoms in total. The zero-order valence-electron chi connectivity index (χ0n) is 11.8. The van der Waals surface area contributed by atoms with Crippen LogP contribution in [-0.2, 0) is 4.79 Å². The van der Waals surface area contributed by atoms with Crippen molar-refractivity contribution in [2.24, 2.45) is 35.5 Å². The van der Waals surface area contributed by atoms with E-state index in [1.165, 1.54) is 38.5 Å². The number of aliphatic hydroxyl groups excluding tert-OH is 1. The molecule has 1 N–H and O–H groups in total. The monoisotopic (exact) mass is 262 g/mol. The smallest absolute Gasteiger partial charge is 0.136 e. The van der Waals surface area contributed by atoms with E-state index in [0.29, 0.717) is 11.7 Å².